The Kier molecular flexibility index (Phi) is 38.7. The molecule has 4 N–H and O–H groups in total. The number of ether oxygens (including phenoxy) is 2. The molecule has 10 heteroatoms. The van der Waals surface area contributed by atoms with Crippen molar-refractivity contribution in [2.24, 2.45) is 5.73 Å². The largest absolute Gasteiger partial charge is 0.472 e. The zero-order valence-electron chi connectivity index (χ0n) is 33.5. The van der Waals surface area contributed by atoms with Gasteiger partial charge in [-0.3, -0.25) is 13.8 Å². The Labute approximate surface area is 314 Å². The van der Waals surface area contributed by atoms with Gasteiger partial charge in [-0.15, -0.1) is 0 Å². The van der Waals surface area contributed by atoms with Crippen LogP contribution in [0.3, 0.4) is 0 Å². The molecule has 0 aliphatic heterocycles. The monoisotopic (exact) mass is 750 g/mol. The Hall–Kier alpha value is -0.540. The number of phosphoric acid groups is 1. The number of carbonyl (C=O) groups excluding carboxylic acids is 1. The maximum atomic E-state index is 12.6. The van der Waals surface area contributed by atoms with Crippen LogP contribution in [0.15, 0.2) is 0 Å². The van der Waals surface area contributed by atoms with Crippen LogP contribution in [-0.2, 0) is 27.9 Å². The van der Waals surface area contributed by atoms with Crippen LogP contribution in [0.1, 0.15) is 213 Å². The molecule has 306 valence electrons. The lowest BCUT2D eigenvalue weighted by molar-refractivity contribution is -0.154. The Morgan fingerprint density at radius 2 is 0.980 bits per heavy atom. The summed E-state index contributed by atoms with van der Waals surface area (Å²) in [6, 6.07) is 0. The highest BCUT2D eigenvalue weighted by Crippen LogP contribution is 2.43. The fourth-order valence-electron chi connectivity index (χ4n) is 6.37. The number of phosphoric ester groups is 1. The van der Waals surface area contributed by atoms with E-state index in [0.717, 1.165) is 64.2 Å². The van der Waals surface area contributed by atoms with Crippen molar-refractivity contribution in [2.75, 3.05) is 33.0 Å². The van der Waals surface area contributed by atoms with Crippen molar-refractivity contribution in [3.8, 4) is 0 Å². The van der Waals surface area contributed by atoms with Gasteiger partial charge in [0.2, 0.25) is 0 Å². The Bertz CT molecular complexity index is 774. The molecule has 51 heavy (non-hydrogen) atoms. The number of nitrogens with two attached hydrogens (primary N) is 1. The molecule has 3 atom stereocenters. The minimum atomic E-state index is -4.28. The highest BCUT2D eigenvalue weighted by Gasteiger charge is 2.25. The van der Waals surface area contributed by atoms with Crippen molar-refractivity contribution >= 4 is 13.8 Å². The highest BCUT2D eigenvalue weighted by molar-refractivity contribution is 7.47. The van der Waals surface area contributed by atoms with E-state index < -0.39 is 13.9 Å². The van der Waals surface area contributed by atoms with Crippen molar-refractivity contribution < 1.29 is 37.9 Å². The number of aliphatic hydroxyl groups is 1. The first-order valence-corrected chi connectivity index (χ1v) is 23.1. The summed E-state index contributed by atoms with van der Waals surface area (Å²) in [7, 11) is -4.28. The van der Waals surface area contributed by atoms with E-state index in [1.807, 2.05) is 0 Å². The fraction of sp³-hybridized carbons (Fsp3) is 0.976. The summed E-state index contributed by atoms with van der Waals surface area (Å²) in [5, 5.41) is 10.1. The van der Waals surface area contributed by atoms with Crippen LogP contribution in [0, 0.1) is 0 Å². The van der Waals surface area contributed by atoms with Crippen LogP contribution >= 0.6 is 7.82 Å². The van der Waals surface area contributed by atoms with E-state index in [2.05, 4.69) is 13.8 Å². The first-order valence-electron chi connectivity index (χ1n) is 21.6. The van der Waals surface area contributed by atoms with Gasteiger partial charge in [-0.25, -0.2) is 4.57 Å². The fourth-order valence-corrected chi connectivity index (χ4v) is 7.14. The molecule has 0 bridgehead atoms. The summed E-state index contributed by atoms with van der Waals surface area (Å²) in [4.78, 5) is 22.5. The number of rotatable bonds is 42. The SMILES string of the molecule is CCCCCCCCCCCCCCCCCCOCC(COP(=O)(O)OCCN)OC(=O)CCCCCCCCCCC(O)CCCCCC. The number of hydrogen-bond acceptors (Lipinski definition) is 8. The van der Waals surface area contributed by atoms with Crippen LogP contribution < -0.4 is 5.73 Å². The number of esters is 1. The predicted octanol–water partition coefficient (Wildman–Crippen LogP) is 11.5. The van der Waals surface area contributed by atoms with Gasteiger partial charge in [0.25, 0.3) is 0 Å². The Morgan fingerprint density at radius 1 is 0.569 bits per heavy atom. The number of unbranched alkanes of at least 4 members (excludes halogenated alkanes) is 25. The molecule has 0 fully saturated rings. The number of carbonyl (C=O) groups is 1. The molecule has 0 amide bonds. The van der Waals surface area contributed by atoms with Gasteiger partial charge in [-0.2, -0.15) is 0 Å². The lowest BCUT2D eigenvalue weighted by atomic mass is 10.0. The summed E-state index contributed by atoms with van der Waals surface area (Å²) in [5.41, 5.74) is 5.36. The third-order valence-corrected chi connectivity index (χ3v) is 10.6. The molecule has 0 rings (SSSR count). The zero-order valence-corrected chi connectivity index (χ0v) is 34.4. The molecule has 0 heterocycles. The van der Waals surface area contributed by atoms with Crippen LogP contribution in [0.25, 0.3) is 0 Å². The van der Waals surface area contributed by atoms with Gasteiger partial charge in [0.05, 0.1) is 25.9 Å². The zero-order chi connectivity index (χ0) is 37.5. The van der Waals surface area contributed by atoms with Gasteiger partial charge in [0.15, 0.2) is 0 Å². The average molecular weight is 750 g/mol. The molecular formula is C41H84NO8P. The van der Waals surface area contributed by atoms with Crippen molar-refractivity contribution in [3.05, 3.63) is 0 Å². The Morgan fingerprint density at radius 3 is 1.45 bits per heavy atom. The second-order valence-corrected chi connectivity index (χ2v) is 16.2. The van der Waals surface area contributed by atoms with Crippen LogP contribution in [0.2, 0.25) is 0 Å². The maximum Gasteiger partial charge on any atom is 0.472 e. The van der Waals surface area contributed by atoms with E-state index in [0.29, 0.717) is 13.0 Å². The first kappa shape index (κ1) is 50.5. The van der Waals surface area contributed by atoms with E-state index in [1.54, 1.807) is 0 Å². The number of aliphatic hydroxyl groups excluding tert-OH is 1. The van der Waals surface area contributed by atoms with Crippen LogP contribution in [0.5, 0.6) is 0 Å². The van der Waals surface area contributed by atoms with Crippen LogP contribution in [-0.4, -0.2) is 61.1 Å². The number of hydrogen-bond donors (Lipinski definition) is 3. The molecule has 0 aromatic heterocycles. The molecule has 3 unspecified atom stereocenters. The topological polar surface area (TPSA) is 138 Å². The summed E-state index contributed by atoms with van der Waals surface area (Å²) in [6.07, 6.45) is 35.6. The molecule has 0 aromatic carbocycles. The second-order valence-electron chi connectivity index (χ2n) is 14.7. The molecule has 9 nitrogen and oxygen atoms in total. The molecule has 0 saturated heterocycles. The highest BCUT2D eigenvalue weighted by atomic mass is 31.2. The molecule has 0 radical (unpaired) electrons. The molecular weight excluding hydrogens is 665 g/mol. The van der Waals surface area contributed by atoms with Gasteiger partial charge >= 0.3 is 13.8 Å². The lowest BCUT2D eigenvalue weighted by Crippen LogP contribution is -2.28. The van der Waals surface area contributed by atoms with Gasteiger partial charge < -0.3 is 25.2 Å². The van der Waals surface area contributed by atoms with Crippen molar-refractivity contribution in [2.45, 2.75) is 225 Å². The first-order chi connectivity index (χ1) is 24.8. The minimum Gasteiger partial charge on any atom is -0.457 e. The van der Waals surface area contributed by atoms with Crippen molar-refractivity contribution in [3.63, 3.8) is 0 Å². The van der Waals surface area contributed by atoms with Gasteiger partial charge in [-0.05, 0) is 25.7 Å². The second kappa shape index (κ2) is 39.2. The summed E-state index contributed by atoms with van der Waals surface area (Å²) in [6.45, 7) is 4.85. The summed E-state index contributed by atoms with van der Waals surface area (Å²) in [5.74, 6) is -0.349. The third kappa shape index (κ3) is 39.0. The van der Waals surface area contributed by atoms with Gasteiger partial charge in [-0.1, -0.05) is 181 Å². The lowest BCUT2D eigenvalue weighted by Gasteiger charge is -2.20. The van der Waals surface area contributed by atoms with E-state index in [-0.39, 0.29) is 38.4 Å². The standard InChI is InChI=1S/C41H84NO8P/c1-3-5-7-9-10-11-12-13-14-15-16-17-20-23-26-30-35-47-37-40(38-49-51(45,46)48-36-34-42)50-41(44)33-29-25-22-19-18-21-24-28-32-39(43)31-27-8-6-4-2/h39-40,43H,3-38,42H2,1-2H3,(H,45,46). The van der Waals surface area contributed by atoms with E-state index in [9.17, 15) is 19.4 Å². The molecule has 0 spiro atoms. The molecule has 0 aromatic rings. The smallest absolute Gasteiger partial charge is 0.457 e. The maximum absolute atomic E-state index is 12.6. The predicted molar refractivity (Wildman–Crippen MR) is 212 cm³/mol. The molecule has 0 saturated carbocycles. The van der Waals surface area contributed by atoms with Crippen molar-refractivity contribution in [1.29, 1.82) is 0 Å². The minimum absolute atomic E-state index is 0.0954. The molecule has 0 aliphatic carbocycles. The van der Waals surface area contributed by atoms with Gasteiger partial charge in [0.1, 0.15) is 6.10 Å². The van der Waals surface area contributed by atoms with E-state index >= 15 is 0 Å². The summed E-state index contributed by atoms with van der Waals surface area (Å²) >= 11 is 0. The third-order valence-electron chi connectivity index (χ3n) is 9.60. The van der Waals surface area contributed by atoms with Crippen LogP contribution in [0.4, 0.5) is 0 Å². The van der Waals surface area contributed by atoms with E-state index in [1.165, 1.54) is 128 Å². The normalized spacial score (nSPS) is 14.1. The van der Waals surface area contributed by atoms with E-state index in [4.69, 9.17) is 24.3 Å². The quantitative estimate of drug-likeness (QED) is 0.0316. The average Bonchev–Trinajstić information content (AvgIpc) is 3.11. The van der Waals surface area contributed by atoms with Gasteiger partial charge in [0, 0.05) is 19.6 Å². The van der Waals surface area contributed by atoms with Crippen molar-refractivity contribution in [1.82, 2.24) is 0 Å². The summed E-state index contributed by atoms with van der Waals surface area (Å²) < 4.78 is 33.4. The molecule has 0 aliphatic rings. The Balaban J connectivity index is 4.02.